The maximum Gasteiger partial charge on any atom is 0.234 e. The summed E-state index contributed by atoms with van der Waals surface area (Å²) in [6, 6.07) is 7.78. The fraction of sp³-hybridized carbons (Fsp3) is 0.588. The van der Waals surface area contributed by atoms with Crippen LogP contribution in [0.2, 0.25) is 5.02 Å². The molecule has 2 rings (SSSR count). The number of rotatable bonds is 6. The molecule has 0 saturated carbocycles. The van der Waals surface area contributed by atoms with Gasteiger partial charge in [-0.3, -0.25) is 9.69 Å². The van der Waals surface area contributed by atoms with Gasteiger partial charge in [0.15, 0.2) is 0 Å². The number of halogens is 1. The second-order valence-corrected chi connectivity index (χ2v) is 6.35. The molecule has 1 amide bonds. The number of piperidine rings is 1. The lowest BCUT2D eigenvalue weighted by Gasteiger charge is -2.35. The highest BCUT2D eigenvalue weighted by Gasteiger charge is 2.24. The SMILES string of the molecule is CC(NC(=O)CN1CCCCC1CCO)c1ccccc1Cl. The van der Waals surface area contributed by atoms with E-state index < -0.39 is 0 Å². The Morgan fingerprint density at radius 2 is 2.23 bits per heavy atom. The Morgan fingerprint density at radius 3 is 2.95 bits per heavy atom. The first-order valence-corrected chi connectivity index (χ1v) is 8.38. The van der Waals surface area contributed by atoms with Crippen LogP contribution in [0.5, 0.6) is 0 Å². The standard InChI is InChI=1S/C17H25ClN2O2/c1-13(15-7-2-3-8-16(15)18)19-17(22)12-20-10-5-4-6-14(20)9-11-21/h2-3,7-8,13-14,21H,4-6,9-12H2,1H3,(H,19,22). The van der Waals surface area contributed by atoms with Crippen LogP contribution in [0.4, 0.5) is 0 Å². The lowest BCUT2D eigenvalue weighted by atomic mass is 9.99. The van der Waals surface area contributed by atoms with Crippen LogP contribution < -0.4 is 5.32 Å². The molecule has 2 unspecified atom stereocenters. The third kappa shape index (κ3) is 4.70. The fourth-order valence-corrected chi connectivity index (χ4v) is 3.42. The molecule has 5 heteroatoms. The summed E-state index contributed by atoms with van der Waals surface area (Å²) >= 11 is 6.17. The van der Waals surface area contributed by atoms with Crippen molar-refractivity contribution in [2.45, 2.75) is 44.7 Å². The van der Waals surface area contributed by atoms with Crippen molar-refractivity contribution < 1.29 is 9.90 Å². The third-order valence-corrected chi connectivity index (χ3v) is 4.65. The van der Waals surface area contributed by atoms with Gasteiger partial charge in [0.1, 0.15) is 0 Å². The summed E-state index contributed by atoms with van der Waals surface area (Å²) in [6.45, 7) is 3.44. The summed E-state index contributed by atoms with van der Waals surface area (Å²) in [4.78, 5) is 14.5. The van der Waals surface area contributed by atoms with E-state index in [1.54, 1.807) is 0 Å². The molecule has 2 N–H and O–H groups in total. The fourth-order valence-electron chi connectivity index (χ4n) is 3.12. The summed E-state index contributed by atoms with van der Waals surface area (Å²) in [5.41, 5.74) is 0.933. The number of benzene rings is 1. The molecule has 0 aromatic heterocycles. The monoisotopic (exact) mass is 324 g/mol. The van der Waals surface area contributed by atoms with Gasteiger partial charge in [-0.05, 0) is 44.4 Å². The minimum absolute atomic E-state index is 0.0114. The molecule has 1 heterocycles. The average Bonchev–Trinajstić information content (AvgIpc) is 2.49. The number of carbonyl (C=O) groups excluding carboxylic acids is 1. The number of nitrogens with zero attached hydrogens (tertiary/aromatic N) is 1. The van der Waals surface area contributed by atoms with E-state index in [-0.39, 0.29) is 18.6 Å². The number of aliphatic hydroxyl groups is 1. The van der Waals surface area contributed by atoms with Crippen molar-refractivity contribution in [3.63, 3.8) is 0 Å². The first-order chi connectivity index (χ1) is 10.6. The lowest BCUT2D eigenvalue weighted by Crippen LogP contribution is -2.46. The van der Waals surface area contributed by atoms with Gasteiger partial charge in [-0.2, -0.15) is 0 Å². The van der Waals surface area contributed by atoms with Crippen LogP contribution in [-0.2, 0) is 4.79 Å². The van der Waals surface area contributed by atoms with Gasteiger partial charge in [-0.1, -0.05) is 36.2 Å². The molecule has 0 radical (unpaired) electrons. The highest BCUT2D eigenvalue weighted by Crippen LogP contribution is 2.22. The zero-order chi connectivity index (χ0) is 15.9. The minimum Gasteiger partial charge on any atom is -0.396 e. The van der Waals surface area contributed by atoms with E-state index >= 15 is 0 Å². The van der Waals surface area contributed by atoms with Gasteiger partial charge < -0.3 is 10.4 Å². The predicted octanol–water partition coefficient (Wildman–Crippen LogP) is 2.75. The van der Waals surface area contributed by atoms with E-state index in [1.165, 1.54) is 6.42 Å². The highest BCUT2D eigenvalue weighted by molar-refractivity contribution is 6.31. The Kier molecular flexibility index (Phi) is 6.68. The Hall–Kier alpha value is -1.10. The number of hydrogen-bond donors (Lipinski definition) is 2. The number of hydrogen-bond acceptors (Lipinski definition) is 3. The number of aliphatic hydroxyl groups excluding tert-OH is 1. The van der Waals surface area contributed by atoms with Crippen LogP contribution >= 0.6 is 11.6 Å². The van der Waals surface area contributed by atoms with Crippen LogP contribution in [0.25, 0.3) is 0 Å². The van der Waals surface area contributed by atoms with Crippen LogP contribution in [0.1, 0.15) is 44.2 Å². The van der Waals surface area contributed by atoms with Gasteiger partial charge in [-0.25, -0.2) is 0 Å². The zero-order valence-corrected chi connectivity index (χ0v) is 13.9. The van der Waals surface area contributed by atoms with E-state index in [0.717, 1.165) is 31.4 Å². The van der Waals surface area contributed by atoms with Crippen molar-refractivity contribution in [3.05, 3.63) is 34.9 Å². The Labute approximate surface area is 137 Å². The van der Waals surface area contributed by atoms with Crippen molar-refractivity contribution in [1.82, 2.24) is 10.2 Å². The minimum atomic E-state index is -0.109. The van der Waals surface area contributed by atoms with Crippen LogP contribution in [0, 0.1) is 0 Å². The van der Waals surface area contributed by atoms with Crippen molar-refractivity contribution in [1.29, 1.82) is 0 Å². The van der Waals surface area contributed by atoms with Gasteiger partial charge in [0.25, 0.3) is 0 Å². The largest absolute Gasteiger partial charge is 0.396 e. The van der Waals surface area contributed by atoms with Crippen LogP contribution in [0.3, 0.4) is 0 Å². The average molecular weight is 325 g/mol. The second kappa shape index (κ2) is 8.51. The van der Waals surface area contributed by atoms with Crippen molar-refractivity contribution in [2.75, 3.05) is 19.7 Å². The van der Waals surface area contributed by atoms with Crippen LogP contribution in [0.15, 0.2) is 24.3 Å². The summed E-state index contributed by atoms with van der Waals surface area (Å²) < 4.78 is 0. The first-order valence-electron chi connectivity index (χ1n) is 8.00. The summed E-state index contributed by atoms with van der Waals surface area (Å²) in [5, 5.41) is 12.8. The van der Waals surface area contributed by atoms with Gasteiger partial charge in [0, 0.05) is 17.7 Å². The maximum atomic E-state index is 12.3. The van der Waals surface area contributed by atoms with Crippen molar-refractivity contribution in [2.24, 2.45) is 0 Å². The van der Waals surface area contributed by atoms with E-state index in [1.807, 2.05) is 31.2 Å². The molecule has 0 spiro atoms. The first kappa shape index (κ1) is 17.3. The zero-order valence-electron chi connectivity index (χ0n) is 13.1. The molecule has 1 aromatic rings. The van der Waals surface area contributed by atoms with Gasteiger partial charge in [0.2, 0.25) is 5.91 Å². The van der Waals surface area contributed by atoms with E-state index in [0.29, 0.717) is 17.6 Å². The molecule has 2 atom stereocenters. The molecule has 1 fully saturated rings. The molecule has 1 aromatic carbocycles. The van der Waals surface area contributed by atoms with Gasteiger partial charge >= 0.3 is 0 Å². The topological polar surface area (TPSA) is 52.6 Å². The van der Waals surface area contributed by atoms with Crippen molar-refractivity contribution >= 4 is 17.5 Å². The lowest BCUT2D eigenvalue weighted by molar-refractivity contribution is -0.123. The Balaban J connectivity index is 1.90. The summed E-state index contributed by atoms with van der Waals surface area (Å²) in [6.07, 6.45) is 4.11. The van der Waals surface area contributed by atoms with E-state index in [4.69, 9.17) is 16.7 Å². The maximum absolute atomic E-state index is 12.3. The van der Waals surface area contributed by atoms with Crippen LogP contribution in [-0.4, -0.2) is 41.7 Å². The predicted molar refractivity (Wildman–Crippen MR) is 88.9 cm³/mol. The molecule has 1 saturated heterocycles. The normalized spacial score (nSPS) is 20.6. The van der Waals surface area contributed by atoms with Crippen molar-refractivity contribution in [3.8, 4) is 0 Å². The number of nitrogens with one attached hydrogen (secondary N) is 1. The molecule has 1 aliphatic rings. The highest BCUT2D eigenvalue weighted by atomic mass is 35.5. The quantitative estimate of drug-likeness (QED) is 0.846. The third-order valence-electron chi connectivity index (χ3n) is 4.31. The molecule has 0 aliphatic carbocycles. The molecule has 22 heavy (non-hydrogen) atoms. The summed E-state index contributed by atoms with van der Waals surface area (Å²) in [5.74, 6) is 0.0114. The number of likely N-dealkylation sites (tertiary alicyclic amines) is 1. The number of carbonyl (C=O) groups is 1. The van der Waals surface area contributed by atoms with E-state index in [9.17, 15) is 4.79 Å². The smallest absolute Gasteiger partial charge is 0.234 e. The van der Waals surface area contributed by atoms with Gasteiger partial charge in [0.05, 0.1) is 12.6 Å². The summed E-state index contributed by atoms with van der Waals surface area (Å²) in [7, 11) is 0. The molecular weight excluding hydrogens is 300 g/mol. The molecule has 122 valence electrons. The molecule has 1 aliphatic heterocycles. The second-order valence-electron chi connectivity index (χ2n) is 5.94. The number of amides is 1. The molecule has 0 bridgehead atoms. The van der Waals surface area contributed by atoms with Gasteiger partial charge in [-0.15, -0.1) is 0 Å². The Bertz CT molecular complexity index is 493. The molecule has 4 nitrogen and oxygen atoms in total. The van der Waals surface area contributed by atoms with E-state index in [2.05, 4.69) is 10.2 Å². The Morgan fingerprint density at radius 1 is 1.45 bits per heavy atom. The molecular formula is C17H25ClN2O2.